The number of nitrogens with one attached hydrogen (secondary N) is 1. The van der Waals surface area contributed by atoms with Crippen LogP contribution in [0.4, 0.5) is 5.69 Å². The second kappa shape index (κ2) is 8.19. The van der Waals surface area contributed by atoms with Crippen LogP contribution in [0.15, 0.2) is 40.8 Å². The quantitative estimate of drug-likeness (QED) is 0.342. The number of amides is 1. The van der Waals surface area contributed by atoms with Crippen molar-refractivity contribution >= 4 is 56.9 Å². The Morgan fingerprint density at radius 2 is 2.08 bits per heavy atom. The molecule has 0 saturated heterocycles. The van der Waals surface area contributed by atoms with E-state index in [9.17, 15) is 4.79 Å². The van der Waals surface area contributed by atoms with Crippen molar-refractivity contribution in [2.24, 2.45) is 0 Å². The summed E-state index contributed by atoms with van der Waals surface area (Å²) >= 11 is 8.48. The average Bonchev–Trinajstić information content (AvgIpc) is 3.00. The first-order chi connectivity index (χ1) is 12.1. The van der Waals surface area contributed by atoms with Gasteiger partial charge in [-0.15, -0.1) is 0 Å². The van der Waals surface area contributed by atoms with E-state index in [0.29, 0.717) is 28.4 Å². The molecule has 1 N–H and O–H groups in total. The summed E-state index contributed by atoms with van der Waals surface area (Å²) in [6, 6.07) is 11.2. The summed E-state index contributed by atoms with van der Waals surface area (Å²) < 4.78 is 6.87. The molecule has 0 radical (unpaired) electrons. The zero-order chi connectivity index (χ0) is 17.8. The molecule has 0 fully saturated rings. The Morgan fingerprint density at radius 1 is 1.24 bits per heavy atom. The van der Waals surface area contributed by atoms with Crippen LogP contribution in [-0.4, -0.2) is 10.9 Å². The van der Waals surface area contributed by atoms with Gasteiger partial charge in [-0.05, 0) is 65.4 Å². The van der Waals surface area contributed by atoms with Gasteiger partial charge in [0.25, 0.3) is 0 Å². The highest BCUT2D eigenvalue weighted by molar-refractivity contribution is 14.1. The molecule has 25 heavy (non-hydrogen) atoms. The number of aromatic nitrogens is 1. The molecule has 0 aliphatic rings. The normalized spacial score (nSPS) is 11.0. The number of carbonyl (C=O) groups excluding carboxylic acids is 1. The summed E-state index contributed by atoms with van der Waals surface area (Å²) in [7, 11) is 0. The van der Waals surface area contributed by atoms with Crippen molar-refractivity contribution in [3.63, 3.8) is 0 Å². The number of unbranched alkanes of at least 4 members (excludes halogenated alkanes) is 2. The third-order valence-corrected chi connectivity index (χ3v) is 4.84. The average molecular weight is 469 g/mol. The molecule has 130 valence electrons. The van der Waals surface area contributed by atoms with Crippen molar-refractivity contribution in [2.45, 2.75) is 32.6 Å². The molecule has 0 bridgehead atoms. The minimum atomic E-state index is 0.0252. The number of anilines is 1. The van der Waals surface area contributed by atoms with Crippen LogP contribution in [0.2, 0.25) is 5.02 Å². The van der Waals surface area contributed by atoms with E-state index in [2.05, 4.69) is 39.8 Å². The fourth-order valence-electron chi connectivity index (χ4n) is 2.54. The molecular weight excluding hydrogens is 451 g/mol. The van der Waals surface area contributed by atoms with E-state index >= 15 is 0 Å². The highest BCUT2D eigenvalue weighted by Crippen LogP contribution is 2.32. The predicted molar refractivity (Wildman–Crippen MR) is 110 cm³/mol. The van der Waals surface area contributed by atoms with Crippen LogP contribution in [0.5, 0.6) is 0 Å². The minimum Gasteiger partial charge on any atom is -0.436 e. The van der Waals surface area contributed by atoms with Gasteiger partial charge in [0.1, 0.15) is 5.52 Å². The third-order valence-electron chi connectivity index (χ3n) is 3.84. The molecule has 4 nitrogen and oxygen atoms in total. The molecule has 1 amide bonds. The first-order valence-electron chi connectivity index (χ1n) is 8.22. The summed E-state index contributed by atoms with van der Waals surface area (Å²) in [5, 5.41) is 3.51. The van der Waals surface area contributed by atoms with E-state index in [-0.39, 0.29) is 5.91 Å². The van der Waals surface area contributed by atoms with Gasteiger partial charge in [-0.3, -0.25) is 4.79 Å². The lowest BCUT2D eigenvalue weighted by Gasteiger charge is -2.04. The summed E-state index contributed by atoms with van der Waals surface area (Å²) in [5.41, 5.74) is 2.84. The van der Waals surface area contributed by atoms with E-state index in [0.717, 1.165) is 34.1 Å². The Bertz CT molecular complexity index is 908. The molecule has 0 spiro atoms. The molecule has 2 aromatic carbocycles. The Balaban J connectivity index is 1.82. The molecule has 0 saturated carbocycles. The molecule has 6 heteroatoms. The first-order valence-corrected chi connectivity index (χ1v) is 9.68. The van der Waals surface area contributed by atoms with Gasteiger partial charge >= 0.3 is 0 Å². The lowest BCUT2D eigenvalue weighted by molar-refractivity contribution is -0.116. The lowest BCUT2D eigenvalue weighted by Crippen LogP contribution is -2.10. The molecule has 0 aliphatic heterocycles. The largest absolute Gasteiger partial charge is 0.436 e. The van der Waals surface area contributed by atoms with E-state index in [4.69, 9.17) is 16.0 Å². The van der Waals surface area contributed by atoms with Crippen LogP contribution >= 0.6 is 34.2 Å². The molecule has 3 rings (SSSR count). The van der Waals surface area contributed by atoms with Crippen LogP contribution in [-0.2, 0) is 4.79 Å². The van der Waals surface area contributed by atoms with Gasteiger partial charge in [0.2, 0.25) is 11.8 Å². The first kappa shape index (κ1) is 18.2. The maximum atomic E-state index is 12.0. The standard InChI is InChI=1S/C19H18ClIN2O2/c1-2-3-4-5-18(24)22-13-7-9-17-16(11-13)23-19(25-17)14-10-12(21)6-8-15(14)20/h6-11H,2-5H2,1H3,(H,22,24). The summed E-state index contributed by atoms with van der Waals surface area (Å²) in [6.07, 6.45) is 3.61. The minimum absolute atomic E-state index is 0.0252. The second-order valence-corrected chi connectivity index (χ2v) is 7.48. The predicted octanol–water partition coefficient (Wildman–Crippen LogP) is 6.27. The van der Waals surface area contributed by atoms with E-state index in [1.165, 1.54) is 0 Å². The van der Waals surface area contributed by atoms with Crippen LogP contribution in [0, 0.1) is 3.57 Å². The van der Waals surface area contributed by atoms with E-state index in [1.54, 1.807) is 0 Å². The maximum absolute atomic E-state index is 12.0. The van der Waals surface area contributed by atoms with Gasteiger partial charge in [-0.25, -0.2) is 4.98 Å². The maximum Gasteiger partial charge on any atom is 0.228 e. The number of hydrogen-bond donors (Lipinski definition) is 1. The number of nitrogens with zero attached hydrogens (tertiary/aromatic N) is 1. The van der Waals surface area contributed by atoms with Gasteiger partial charge in [0, 0.05) is 15.7 Å². The summed E-state index contributed by atoms with van der Waals surface area (Å²) in [4.78, 5) is 16.5. The van der Waals surface area contributed by atoms with Crippen molar-refractivity contribution in [3.05, 3.63) is 45.0 Å². The molecule has 1 heterocycles. The van der Waals surface area contributed by atoms with Gasteiger partial charge in [-0.1, -0.05) is 31.4 Å². The Hall–Kier alpha value is -1.60. The van der Waals surface area contributed by atoms with Gasteiger partial charge in [-0.2, -0.15) is 0 Å². The number of hydrogen-bond acceptors (Lipinski definition) is 3. The van der Waals surface area contributed by atoms with Crippen molar-refractivity contribution in [1.82, 2.24) is 4.98 Å². The molecule has 0 atom stereocenters. The van der Waals surface area contributed by atoms with Crippen LogP contribution in [0.1, 0.15) is 32.6 Å². The number of oxazole rings is 1. The highest BCUT2D eigenvalue weighted by Gasteiger charge is 2.13. The van der Waals surface area contributed by atoms with Crippen molar-refractivity contribution in [2.75, 3.05) is 5.32 Å². The molecule has 1 aromatic heterocycles. The number of benzene rings is 2. The second-order valence-electron chi connectivity index (χ2n) is 5.83. The van der Waals surface area contributed by atoms with E-state index in [1.807, 2.05) is 36.4 Å². The highest BCUT2D eigenvalue weighted by atomic mass is 127. The number of halogens is 2. The molecule has 0 unspecified atom stereocenters. The third kappa shape index (κ3) is 4.52. The zero-order valence-electron chi connectivity index (χ0n) is 13.8. The van der Waals surface area contributed by atoms with Crippen LogP contribution in [0.3, 0.4) is 0 Å². The van der Waals surface area contributed by atoms with Gasteiger partial charge in [0.05, 0.1) is 10.6 Å². The van der Waals surface area contributed by atoms with Gasteiger partial charge < -0.3 is 9.73 Å². The molecule has 3 aromatic rings. The molecular formula is C19H18ClIN2O2. The summed E-state index contributed by atoms with van der Waals surface area (Å²) in [5.74, 6) is 0.502. The van der Waals surface area contributed by atoms with Crippen molar-refractivity contribution in [3.8, 4) is 11.5 Å². The summed E-state index contributed by atoms with van der Waals surface area (Å²) in [6.45, 7) is 2.12. The van der Waals surface area contributed by atoms with Crippen LogP contribution < -0.4 is 5.32 Å². The Morgan fingerprint density at radius 3 is 2.88 bits per heavy atom. The molecule has 0 aliphatic carbocycles. The number of rotatable bonds is 6. The fourth-order valence-corrected chi connectivity index (χ4v) is 3.23. The monoisotopic (exact) mass is 468 g/mol. The lowest BCUT2D eigenvalue weighted by atomic mass is 10.2. The smallest absolute Gasteiger partial charge is 0.228 e. The number of carbonyl (C=O) groups is 1. The SMILES string of the molecule is CCCCCC(=O)Nc1ccc2oc(-c3cc(I)ccc3Cl)nc2c1. The van der Waals surface area contributed by atoms with Crippen molar-refractivity contribution in [1.29, 1.82) is 0 Å². The number of fused-ring (bicyclic) bond motifs is 1. The topological polar surface area (TPSA) is 55.1 Å². The fraction of sp³-hybridized carbons (Fsp3) is 0.263. The Labute approximate surface area is 165 Å². The van der Waals surface area contributed by atoms with E-state index < -0.39 is 0 Å². The van der Waals surface area contributed by atoms with Crippen molar-refractivity contribution < 1.29 is 9.21 Å². The van der Waals surface area contributed by atoms with Gasteiger partial charge in [0.15, 0.2) is 5.58 Å². The zero-order valence-corrected chi connectivity index (χ0v) is 16.7. The van der Waals surface area contributed by atoms with Crippen LogP contribution in [0.25, 0.3) is 22.6 Å². The Kier molecular flexibility index (Phi) is 5.96.